The van der Waals surface area contributed by atoms with Gasteiger partial charge in [0, 0.05) is 39.9 Å². The summed E-state index contributed by atoms with van der Waals surface area (Å²) in [5.74, 6) is 0.0738. The van der Waals surface area contributed by atoms with E-state index in [2.05, 4.69) is 70.9 Å². The van der Waals surface area contributed by atoms with Gasteiger partial charge in [0.2, 0.25) is 5.69 Å². The molecule has 1 aliphatic heterocycles. The highest BCUT2D eigenvalue weighted by molar-refractivity contribution is 6.26. The molecule has 3 aromatic rings. The zero-order chi connectivity index (χ0) is 21.7. The Morgan fingerprint density at radius 1 is 0.750 bits per heavy atom. The molecule has 0 bridgehead atoms. The quantitative estimate of drug-likeness (QED) is 0.391. The van der Waals surface area contributed by atoms with Crippen LogP contribution in [0.1, 0.15) is 34.0 Å². The first-order valence-corrected chi connectivity index (χ1v) is 10.8. The molecule has 2 heterocycles. The van der Waals surface area contributed by atoms with E-state index in [0.717, 1.165) is 61.1 Å². The molecule has 2 aromatic carbocycles. The molecule has 0 unspecified atom stereocenters. The molecule has 0 fully saturated rings. The molecule has 3 aliphatic rings. The predicted molar refractivity (Wildman–Crippen MR) is 130 cm³/mol. The first-order chi connectivity index (χ1) is 15.7. The van der Waals surface area contributed by atoms with Crippen molar-refractivity contribution in [3.63, 3.8) is 0 Å². The number of aromatic nitrogens is 1. The Morgan fingerprint density at radius 2 is 1.44 bits per heavy atom. The van der Waals surface area contributed by atoms with Gasteiger partial charge in [0.05, 0.1) is 11.1 Å². The lowest BCUT2D eigenvalue weighted by Gasteiger charge is -2.11. The number of allylic oxidation sites excluding steroid dienone is 1. The average Bonchev–Trinajstić information content (AvgIpc) is 3.47. The van der Waals surface area contributed by atoms with Crippen LogP contribution in [0.5, 0.6) is 0 Å². The van der Waals surface area contributed by atoms with Crippen molar-refractivity contribution in [1.29, 1.82) is 0 Å². The number of carbonyl (C=O) groups excluding carboxylic acids is 1. The zero-order valence-electron chi connectivity index (χ0n) is 17.6. The summed E-state index contributed by atoms with van der Waals surface area (Å²) in [6, 6.07) is 28.9. The molecule has 0 amide bonds. The van der Waals surface area contributed by atoms with E-state index in [1.807, 2.05) is 36.4 Å². The van der Waals surface area contributed by atoms with Crippen molar-refractivity contribution in [1.82, 2.24) is 4.98 Å². The Kier molecular flexibility index (Phi) is 4.15. The van der Waals surface area contributed by atoms with E-state index in [1.165, 1.54) is 0 Å². The third kappa shape index (κ3) is 2.75. The maximum Gasteiger partial charge on any atom is 0.211 e. The number of benzene rings is 2. The van der Waals surface area contributed by atoms with Gasteiger partial charge in [-0.2, -0.15) is 0 Å². The summed E-state index contributed by atoms with van der Waals surface area (Å²) in [5, 5.41) is 1.16. The van der Waals surface area contributed by atoms with E-state index < -0.39 is 0 Å². The number of H-pyrrole nitrogens is 1. The minimum absolute atomic E-state index is 0.0738. The summed E-state index contributed by atoms with van der Waals surface area (Å²) in [6.45, 7) is 1.64. The van der Waals surface area contributed by atoms with Crippen LogP contribution >= 0.6 is 0 Å². The highest BCUT2D eigenvalue weighted by atomic mass is 16.1. The van der Waals surface area contributed by atoms with Crippen LogP contribution in [0.4, 0.5) is 5.69 Å². The molecule has 0 saturated carbocycles. The van der Waals surface area contributed by atoms with Gasteiger partial charge in [-0.15, -0.1) is 0 Å². The first-order valence-electron chi connectivity index (χ1n) is 10.8. The van der Waals surface area contributed by atoms with Crippen molar-refractivity contribution in [2.24, 2.45) is 0 Å². The maximum absolute atomic E-state index is 12.6. The smallest absolute Gasteiger partial charge is 0.211 e. The lowest BCUT2D eigenvalue weighted by molar-refractivity contribution is -0.342. The number of Topliss-reactive ketones (excluding diaryl/α,β-unsaturated/α-hetero) is 1. The van der Waals surface area contributed by atoms with Gasteiger partial charge in [0.25, 0.3) is 0 Å². The lowest BCUT2D eigenvalue weighted by atomic mass is 9.89. The van der Waals surface area contributed by atoms with Crippen LogP contribution < -0.4 is 4.99 Å². The maximum atomic E-state index is 12.6. The monoisotopic (exact) mass is 413 g/mol. The number of fused-ring (bicyclic) bond motifs is 3. The largest absolute Gasteiger partial charge is 0.361 e. The van der Waals surface area contributed by atoms with Crippen molar-refractivity contribution in [3.8, 4) is 11.1 Å². The van der Waals surface area contributed by atoms with Gasteiger partial charge in [0.15, 0.2) is 12.0 Å². The molecular weight excluding hydrogens is 392 g/mol. The Labute approximate surface area is 186 Å². The molecule has 1 aromatic heterocycles. The number of hydrogen-bond acceptors (Lipinski definition) is 1. The van der Waals surface area contributed by atoms with Crippen molar-refractivity contribution in [2.75, 3.05) is 0 Å². The summed E-state index contributed by atoms with van der Waals surface area (Å²) in [7, 11) is 0. The molecule has 3 heteroatoms. The fraction of sp³-hybridized carbons (Fsp3) is 0.0345. The molecule has 0 radical (unpaired) electrons. The van der Waals surface area contributed by atoms with Crippen LogP contribution in [0, 0.1) is 0 Å². The Bertz CT molecular complexity index is 1550. The molecule has 152 valence electrons. The van der Waals surface area contributed by atoms with Crippen molar-refractivity contribution < 1.29 is 9.79 Å². The standard InChI is InChI=1S/C29H20N2O/c1-18(32)23-15-24(20-10-4-2-3-9-19(20)23)29(25-16-30-27-13-7-5-11-21(25)27)26-17-31-28-14-8-6-12-22(26)28/h2-17,30H,1H3/p+1/b29-26-. The van der Waals surface area contributed by atoms with Gasteiger partial charge in [-0.05, 0) is 41.8 Å². The topological polar surface area (TPSA) is 46.8 Å². The van der Waals surface area contributed by atoms with E-state index in [0.29, 0.717) is 0 Å². The van der Waals surface area contributed by atoms with E-state index in [-0.39, 0.29) is 5.78 Å². The summed E-state index contributed by atoms with van der Waals surface area (Å²) in [5.41, 5.74) is 10.6. The first kappa shape index (κ1) is 18.5. The van der Waals surface area contributed by atoms with Crippen LogP contribution in [0.3, 0.4) is 0 Å². The Morgan fingerprint density at radius 3 is 2.28 bits per heavy atom. The molecule has 0 atom stereocenters. The van der Waals surface area contributed by atoms with Gasteiger partial charge in [-0.3, -0.25) is 4.79 Å². The molecule has 0 spiro atoms. The van der Waals surface area contributed by atoms with Crippen molar-refractivity contribution >= 4 is 39.7 Å². The molecule has 2 N–H and O–H groups in total. The minimum Gasteiger partial charge on any atom is -0.361 e. The third-order valence-corrected chi connectivity index (χ3v) is 6.27. The number of ketones is 1. The third-order valence-electron chi connectivity index (χ3n) is 6.27. The predicted octanol–water partition coefficient (Wildman–Crippen LogP) is 5.23. The van der Waals surface area contributed by atoms with E-state index in [4.69, 9.17) is 0 Å². The van der Waals surface area contributed by atoms with Crippen LogP contribution in [-0.4, -0.2) is 17.0 Å². The van der Waals surface area contributed by atoms with Gasteiger partial charge >= 0.3 is 0 Å². The second kappa shape index (κ2) is 7.17. The van der Waals surface area contributed by atoms with E-state index in [1.54, 1.807) is 6.92 Å². The van der Waals surface area contributed by atoms with Crippen molar-refractivity contribution in [2.45, 2.75) is 6.92 Å². The molecule has 0 saturated heterocycles. The summed E-state index contributed by atoms with van der Waals surface area (Å²) in [4.78, 5) is 19.4. The van der Waals surface area contributed by atoms with Crippen LogP contribution in [-0.2, 0) is 0 Å². The zero-order valence-corrected chi connectivity index (χ0v) is 17.6. The van der Waals surface area contributed by atoms with Gasteiger partial charge < -0.3 is 4.98 Å². The average molecular weight is 414 g/mol. The SMILES string of the molecule is CC(=O)c1cc(/C(=C2\C=[NH+]c3ccccc32)c2c[nH]c3ccccc23)c2cccccc1-2. The Balaban J connectivity index is 1.75. The van der Waals surface area contributed by atoms with E-state index in [9.17, 15) is 4.79 Å². The van der Waals surface area contributed by atoms with Gasteiger partial charge in [-0.25, -0.2) is 4.99 Å². The van der Waals surface area contributed by atoms with Crippen LogP contribution in [0.2, 0.25) is 0 Å². The summed E-state index contributed by atoms with van der Waals surface area (Å²) >= 11 is 0. The fourth-order valence-electron chi connectivity index (χ4n) is 4.81. The number of carbonyl (C=O) groups is 1. The second-order valence-electron chi connectivity index (χ2n) is 8.14. The number of hydrogen-bond donors (Lipinski definition) is 2. The fourth-order valence-corrected chi connectivity index (χ4v) is 4.81. The molecule has 2 aliphatic carbocycles. The number of aromatic amines is 1. The summed E-state index contributed by atoms with van der Waals surface area (Å²) < 4.78 is 0. The van der Waals surface area contributed by atoms with Crippen molar-refractivity contribution in [3.05, 3.63) is 113 Å². The number of nitrogens with one attached hydrogen (secondary N) is 2. The minimum atomic E-state index is 0.0738. The molecule has 3 nitrogen and oxygen atoms in total. The molecule has 6 rings (SSSR count). The molecular formula is C29H21N2O+. The number of para-hydroxylation sites is 2. The van der Waals surface area contributed by atoms with Crippen LogP contribution in [0.15, 0.2) is 91.1 Å². The van der Waals surface area contributed by atoms with Gasteiger partial charge in [-0.1, -0.05) is 60.7 Å². The van der Waals surface area contributed by atoms with Crippen LogP contribution in [0.25, 0.3) is 33.2 Å². The molecule has 32 heavy (non-hydrogen) atoms. The Hall–Kier alpha value is -4.24. The van der Waals surface area contributed by atoms with E-state index >= 15 is 0 Å². The lowest BCUT2D eigenvalue weighted by Crippen LogP contribution is -2.58. The highest BCUT2D eigenvalue weighted by Crippen LogP contribution is 2.44. The van der Waals surface area contributed by atoms with Gasteiger partial charge in [0.1, 0.15) is 0 Å². The second-order valence-corrected chi connectivity index (χ2v) is 8.14. The normalized spacial score (nSPS) is 14.2. The number of rotatable bonds is 3. The highest BCUT2D eigenvalue weighted by Gasteiger charge is 2.28. The summed E-state index contributed by atoms with van der Waals surface area (Å²) in [6.07, 6.45) is 4.16.